The first-order chi connectivity index (χ1) is 8.43. The van der Waals surface area contributed by atoms with Gasteiger partial charge in [0.25, 0.3) is 0 Å². The molecule has 1 saturated carbocycles. The van der Waals surface area contributed by atoms with Crippen LogP contribution in [0.3, 0.4) is 0 Å². The average Bonchev–Trinajstić information content (AvgIpc) is 2.86. The fourth-order valence-corrected chi connectivity index (χ4v) is 5.23. The summed E-state index contributed by atoms with van der Waals surface area (Å²) in [6.07, 6.45) is 10.4. The second-order valence-corrected chi connectivity index (χ2v) is 6.74. The lowest BCUT2D eigenvalue weighted by atomic mass is 9.67. The van der Waals surface area contributed by atoms with Gasteiger partial charge in [0, 0.05) is 18.0 Å². The van der Waals surface area contributed by atoms with Crippen LogP contribution in [0.5, 0.6) is 0 Å². The van der Waals surface area contributed by atoms with Crippen LogP contribution in [-0.2, 0) is 4.74 Å². The highest BCUT2D eigenvalue weighted by Crippen LogP contribution is 2.46. The monoisotopic (exact) mass is 235 g/mol. The number of piperidine rings is 2. The van der Waals surface area contributed by atoms with Gasteiger partial charge in [0.2, 0.25) is 0 Å². The van der Waals surface area contributed by atoms with Crippen LogP contribution >= 0.6 is 0 Å². The van der Waals surface area contributed by atoms with Crippen molar-refractivity contribution < 1.29 is 4.74 Å². The summed E-state index contributed by atoms with van der Waals surface area (Å²) in [5.74, 6) is 2.98. The standard InChI is InChI=1S/C15H25NO/c1-2-4-13-11(3-1)7-8-16-14(13)6-5-12-9-17-10-15(12)16/h11-15H,1-10H2/t11?,12-,13+,14-,15-/m1/s1. The SMILES string of the molecule is C1CC[C@H]2C(C1)CCN1[C@@H]3COC[C@H]3CC[C@H]21. The van der Waals surface area contributed by atoms with Crippen LogP contribution in [-0.4, -0.2) is 36.7 Å². The molecule has 0 N–H and O–H groups in total. The molecule has 0 aromatic rings. The molecule has 0 aromatic carbocycles. The van der Waals surface area contributed by atoms with Crippen molar-refractivity contribution in [2.45, 2.75) is 57.0 Å². The van der Waals surface area contributed by atoms with E-state index in [9.17, 15) is 0 Å². The molecule has 4 aliphatic rings. The van der Waals surface area contributed by atoms with Crippen molar-refractivity contribution >= 4 is 0 Å². The van der Waals surface area contributed by atoms with Gasteiger partial charge in [-0.15, -0.1) is 0 Å². The molecule has 1 aliphatic carbocycles. The highest BCUT2D eigenvalue weighted by atomic mass is 16.5. The van der Waals surface area contributed by atoms with E-state index in [-0.39, 0.29) is 0 Å². The van der Waals surface area contributed by atoms with Crippen LogP contribution in [0.2, 0.25) is 0 Å². The minimum absolute atomic E-state index is 0.789. The van der Waals surface area contributed by atoms with Gasteiger partial charge in [-0.05, 0) is 44.1 Å². The second-order valence-electron chi connectivity index (χ2n) is 6.74. The molecule has 17 heavy (non-hydrogen) atoms. The van der Waals surface area contributed by atoms with Gasteiger partial charge in [-0.2, -0.15) is 0 Å². The molecule has 2 nitrogen and oxygen atoms in total. The van der Waals surface area contributed by atoms with Crippen LogP contribution in [0, 0.1) is 17.8 Å². The van der Waals surface area contributed by atoms with Gasteiger partial charge >= 0.3 is 0 Å². The number of rotatable bonds is 0. The van der Waals surface area contributed by atoms with Gasteiger partial charge in [-0.3, -0.25) is 4.90 Å². The lowest BCUT2D eigenvalue weighted by molar-refractivity contribution is -0.0410. The molecule has 5 atom stereocenters. The van der Waals surface area contributed by atoms with E-state index in [0.717, 1.165) is 43.1 Å². The van der Waals surface area contributed by atoms with Crippen LogP contribution in [0.25, 0.3) is 0 Å². The molecule has 0 amide bonds. The molecule has 4 rings (SSSR count). The Kier molecular flexibility index (Phi) is 2.69. The zero-order chi connectivity index (χ0) is 11.2. The van der Waals surface area contributed by atoms with Gasteiger partial charge in [-0.25, -0.2) is 0 Å². The van der Waals surface area contributed by atoms with Crippen molar-refractivity contribution in [3.63, 3.8) is 0 Å². The number of fused-ring (bicyclic) bond motifs is 5. The second kappa shape index (κ2) is 4.24. The third-order valence-electron chi connectivity index (χ3n) is 6.07. The molecule has 1 unspecified atom stereocenters. The Hall–Kier alpha value is -0.0800. The maximum atomic E-state index is 5.73. The topological polar surface area (TPSA) is 12.5 Å². The van der Waals surface area contributed by atoms with Gasteiger partial charge in [0.05, 0.1) is 13.2 Å². The van der Waals surface area contributed by atoms with E-state index in [0.29, 0.717) is 0 Å². The maximum Gasteiger partial charge on any atom is 0.0625 e. The van der Waals surface area contributed by atoms with E-state index < -0.39 is 0 Å². The lowest BCUT2D eigenvalue weighted by Crippen LogP contribution is -2.58. The average molecular weight is 235 g/mol. The predicted molar refractivity (Wildman–Crippen MR) is 67.9 cm³/mol. The first-order valence-electron chi connectivity index (χ1n) is 7.77. The summed E-state index contributed by atoms with van der Waals surface area (Å²) in [5, 5.41) is 0. The van der Waals surface area contributed by atoms with Crippen molar-refractivity contribution in [2.24, 2.45) is 17.8 Å². The molecule has 0 spiro atoms. The molecule has 0 aromatic heterocycles. The molecule has 96 valence electrons. The largest absolute Gasteiger partial charge is 0.379 e. The maximum absolute atomic E-state index is 5.73. The Labute approximate surface area is 105 Å². The van der Waals surface area contributed by atoms with E-state index in [1.54, 1.807) is 0 Å². The Morgan fingerprint density at radius 3 is 2.71 bits per heavy atom. The van der Waals surface area contributed by atoms with Crippen molar-refractivity contribution in [3.8, 4) is 0 Å². The number of ether oxygens (including phenoxy) is 1. The molecule has 0 bridgehead atoms. The highest BCUT2D eigenvalue weighted by Gasteiger charge is 2.47. The third-order valence-corrected chi connectivity index (χ3v) is 6.07. The number of nitrogens with zero attached hydrogens (tertiary/aromatic N) is 1. The minimum atomic E-state index is 0.789. The highest BCUT2D eigenvalue weighted by molar-refractivity contribution is 5.00. The lowest BCUT2D eigenvalue weighted by Gasteiger charge is -2.53. The molecule has 3 saturated heterocycles. The smallest absolute Gasteiger partial charge is 0.0625 e. The minimum Gasteiger partial charge on any atom is -0.379 e. The van der Waals surface area contributed by atoms with E-state index in [2.05, 4.69) is 4.90 Å². The van der Waals surface area contributed by atoms with Crippen LogP contribution in [0.4, 0.5) is 0 Å². The molecule has 4 fully saturated rings. The van der Waals surface area contributed by atoms with Gasteiger partial charge in [0.1, 0.15) is 0 Å². The van der Waals surface area contributed by atoms with Crippen molar-refractivity contribution in [3.05, 3.63) is 0 Å². The quantitative estimate of drug-likeness (QED) is 0.640. The van der Waals surface area contributed by atoms with E-state index in [1.165, 1.54) is 51.5 Å². The van der Waals surface area contributed by atoms with E-state index in [4.69, 9.17) is 4.74 Å². The van der Waals surface area contributed by atoms with Crippen LogP contribution < -0.4 is 0 Å². The van der Waals surface area contributed by atoms with Crippen molar-refractivity contribution in [1.29, 1.82) is 0 Å². The summed E-state index contributed by atoms with van der Waals surface area (Å²) in [7, 11) is 0. The molecular formula is C15H25NO. The van der Waals surface area contributed by atoms with E-state index >= 15 is 0 Å². The Morgan fingerprint density at radius 1 is 0.765 bits per heavy atom. The summed E-state index contributed by atoms with van der Waals surface area (Å²) >= 11 is 0. The van der Waals surface area contributed by atoms with Gasteiger partial charge in [0.15, 0.2) is 0 Å². The first-order valence-corrected chi connectivity index (χ1v) is 7.77. The first kappa shape index (κ1) is 10.8. The number of hydrogen-bond acceptors (Lipinski definition) is 2. The summed E-state index contributed by atoms with van der Waals surface area (Å²) in [5.41, 5.74) is 0. The van der Waals surface area contributed by atoms with Crippen LogP contribution in [0.1, 0.15) is 44.9 Å². The summed E-state index contributed by atoms with van der Waals surface area (Å²) < 4.78 is 5.73. The molecule has 3 aliphatic heterocycles. The Bertz CT molecular complexity index is 293. The molecular weight excluding hydrogens is 210 g/mol. The number of hydrogen-bond donors (Lipinski definition) is 0. The van der Waals surface area contributed by atoms with E-state index in [1.807, 2.05) is 0 Å². The fraction of sp³-hybridized carbons (Fsp3) is 1.00. The summed E-state index contributed by atoms with van der Waals surface area (Å²) in [6, 6.07) is 1.72. The summed E-state index contributed by atoms with van der Waals surface area (Å²) in [6.45, 7) is 3.44. The zero-order valence-corrected chi connectivity index (χ0v) is 10.8. The summed E-state index contributed by atoms with van der Waals surface area (Å²) in [4.78, 5) is 2.87. The third kappa shape index (κ3) is 1.67. The normalized spacial score (nSPS) is 50.5. The fourth-order valence-electron chi connectivity index (χ4n) is 5.23. The van der Waals surface area contributed by atoms with Crippen molar-refractivity contribution in [1.82, 2.24) is 4.90 Å². The zero-order valence-electron chi connectivity index (χ0n) is 10.8. The molecule has 0 radical (unpaired) electrons. The van der Waals surface area contributed by atoms with Gasteiger partial charge < -0.3 is 4.74 Å². The molecule has 2 heteroatoms. The van der Waals surface area contributed by atoms with Crippen molar-refractivity contribution in [2.75, 3.05) is 19.8 Å². The van der Waals surface area contributed by atoms with Gasteiger partial charge in [-0.1, -0.05) is 19.3 Å². The Balaban J connectivity index is 1.56. The predicted octanol–water partition coefficient (Wildman–Crippen LogP) is 2.68. The Morgan fingerprint density at radius 2 is 1.71 bits per heavy atom. The molecule has 3 heterocycles. The van der Waals surface area contributed by atoms with Crippen LogP contribution in [0.15, 0.2) is 0 Å².